The van der Waals surface area contributed by atoms with Gasteiger partial charge in [0.15, 0.2) is 0 Å². The largest absolute Gasteiger partial charge is 0.299 e. The average Bonchev–Trinajstić information content (AvgIpc) is 2.45. The standard InChI is InChI=1S/C9H18N2.2C2H6/c1-11-8-4-2-3-5-9(11)6-7-10-9;2*1-2/h10H,2-8H2,1H3;2*1-2H3. The lowest BCUT2D eigenvalue weighted by atomic mass is 9.92. The van der Waals surface area contributed by atoms with Crippen LogP contribution in [-0.4, -0.2) is 30.7 Å². The number of nitrogens with zero attached hydrogens (tertiary/aromatic N) is 1. The van der Waals surface area contributed by atoms with Crippen molar-refractivity contribution >= 4 is 0 Å². The zero-order valence-electron chi connectivity index (χ0n) is 11.4. The summed E-state index contributed by atoms with van der Waals surface area (Å²) in [5, 5.41) is 3.58. The van der Waals surface area contributed by atoms with Crippen LogP contribution in [0.2, 0.25) is 0 Å². The maximum absolute atomic E-state index is 3.58. The highest BCUT2D eigenvalue weighted by atomic mass is 15.3. The van der Waals surface area contributed by atoms with Crippen molar-refractivity contribution in [1.29, 1.82) is 0 Å². The minimum absolute atomic E-state index is 0.427. The average molecular weight is 214 g/mol. The van der Waals surface area contributed by atoms with Crippen molar-refractivity contribution in [2.24, 2.45) is 0 Å². The van der Waals surface area contributed by atoms with Gasteiger partial charge in [0.25, 0.3) is 0 Å². The topological polar surface area (TPSA) is 15.3 Å². The molecule has 2 rings (SSSR count). The molecule has 2 aliphatic heterocycles. The fraction of sp³-hybridized carbons (Fsp3) is 1.00. The van der Waals surface area contributed by atoms with Crippen LogP contribution >= 0.6 is 0 Å². The Morgan fingerprint density at radius 1 is 0.933 bits per heavy atom. The summed E-state index contributed by atoms with van der Waals surface area (Å²) in [5.41, 5.74) is 0.427. The van der Waals surface area contributed by atoms with Crippen LogP contribution in [-0.2, 0) is 0 Å². The van der Waals surface area contributed by atoms with Gasteiger partial charge in [0.2, 0.25) is 0 Å². The molecule has 2 heterocycles. The lowest BCUT2D eigenvalue weighted by Gasteiger charge is -2.49. The molecule has 2 nitrogen and oxygen atoms in total. The van der Waals surface area contributed by atoms with Gasteiger partial charge in [-0.05, 0) is 39.4 Å². The van der Waals surface area contributed by atoms with E-state index in [-0.39, 0.29) is 0 Å². The monoisotopic (exact) mass is 214 g/mol. The minimum Gasteiger partial charge on any atom is -0.299 e. The first kappa shape index (κ1) is 14.9. The first-order valence-corrected chi connectivity index (χ1v) is 6.80. The fourth-order valence-corrected chi connectivity index (χ4v) is 2.30. The van der Waals surface area contributed by atoms with Crippen LogP contribution in [0.4, 0.5) is 0 Å². The van der Waals surface area contributed by atoms with Crippen LogP contribution in [0.1, 0.15) is 59.8 Å². The summed E-state index contributed by atoms with van der Waals surface area (Å²) in [6.07, 6.45) is 6.96. The van der Waals surface area contributed by atoms with Crippen LogP contribution in [0.15, 0.2) is 0 Å². The molecule has 0 aromatic carbocycles. The minimum atomic E-state index is 0.427. The quantitative estimate of drug-likeness (QED) is 0.666. The third-order valence-corrected chi connectivity index (χ3v) is 3.31. The Morgan fingerprint density at radius 3 is 2.00 bits per heavy atom. The van der Waals surface area contributed by atoms with Crippen molar-refractivity contribution in [3.05, 3.63) is 0 Å². The van der Waals surface area contributed by atoms with E-state index < -0.39 is 0 Å². The number of rotatable bonds is 0. The molecule has 92 valence electrons. The van der Waals surface area contributed by atoms with E-state index in [0.29, 0.717) is 5.66 Å². The molecule has 0 amide bonds. The third-order valence-electron chi connectivity index (χ3n) is 3.31. The van der Waals surface area contributed by atoms with E-state index in [0.717, 1.165) is 0 Å². The zero-order valence-corrected chi connectivity index (χ0v) is 11.4. The molecule has 2 fully saturated rings. The normalized spacial score (nSPS) is 30.2. The third kappa shape index (κ3) is 3.76. The van der Waals surface area contributed by atoms with Crippen LogP contribution in [0.5, 0.6) is 0 Å². The van der Waals surface area contributed by atoms with Crippen LogP contribution in [0, 0.1) is 0 Å². The summed E-state index contributed by atoms with van der Waals surface area (Å²) in [5.74, 6) is 0. The first-order chi connectivity index (χ1) is 7.33. The van der Waals surface area contributed by atoms with E-state index in [1.165, 1.54) is 45.2 Å². The van der Waals surface area contributed by atoms with Gasteiger partial charge in [-0.3, -0.25) is 10.2 Å². The highest BCUT2D eigenvalue weighted by molar-refractivity contribution is 4.95. The molecular weight excluding hydrogens is 184 g/mol. The van der Waals surface area contributed by atoms with Crippen LogP contribution < -0.4 is 5.32 Å². The van der Waals surface area contributed by atoms with Gasteiger partial charge in [0, 0.05) is 0 Å². The zero-order chi connectivity index (χ0) is 11.7. The number of nitrogens with one attached hydrogen (secondary N) is 1. The predicted octanol–water partition coefficient (Wildman–Crippen LogP) is 3.23. The molecular formula is C13H30N2. The maximum atomic E-state index is 3.58. The van der Waals surface area contributed by atoms with Gasteiger partial charge < -0.3 is 0 Å². The first-order valence-electron chi connectivity index (χ1n) is 6.80. The Bertz CT molecular complexity index is 141. The van der Waals surface area contributed by atoms with E-state index in [2.05, 4.69) is 17.3 Å². The summed E-state index contributed by atoms with van der Waals surface area (Å²) in [7, 11) is 2.26. The van der Waals surface area contributed by atoms with Gasteiger partial charge >= 0.3 is 0 Å². The number of hydrogen-bond donors (Lipinski definition) is 1. The smallest absolute Gasteiger partial charge is 0.0722 e. The van der Waals surface area contributed by atoms with Crippen molar-refractivity contribution in [1.82, 2.24) is 10.2 Å². The molecule has 2 heteroatoms. The predicted molar refractivity (Wildman–Crippen MR) is 69.1 cm³/mol. The fourth-order valence-electron chi connectivity index (χ4n) is 2.30. The lowest BCUT2D eigenvalue weighted by molar-refractivity contribution is 0.0167. The molecule has 2 saturated heterocycles. The highest BCUT2D eigenvalue weighted by Gasteiger charge is 2.40. The lowest BCUT2D eigenvalue weighted by Crippen LogP contribution is -2.65. The Labute approximate surface area is 96.4 Å². The second-order valence-corrected chi connectivity index (χ2v) is 3.94. The van der Waals surface area contributed by atoms with Crippen LogP contribution in [0.3, 0.4) is 0 Å². The molecule has 1 N–H and O–H groups in total. The summed E-state index contributed by atoms with van der Waals surface area (Å²) < 4.78 is 0. The molecule has 15 heavy (non-hydrogen) atoms. The summed E-state index contributed by atoms with van der Waals surface area (Å²) in [4.78, 5) is 2.52. The van der Waals surface area contributed by atoms with E-state index >= 15 is 0 Å². The van der Waals surface area contributed by atoms with Gasteiger partial charge in [-0.15, -0.1) is 0 Å². The molecule has 0 radical (unpaired) electrons. The van der Waals surface area contributed by atoms with Gasteiger partial charge in [0.05, 0.1) is 5.66 Å². The Hall–Kier alpha value is -0.0800. The Morgan fingerprint density at radius 2 is 1.53 bits per heavy atom. The van der Waals surface area contributed by atoms with Gasteiger partial charge in [-0.2, -0.15) is 0 Å². The van der Waals surface area contributed by atoms with E-state index in [4.69, 9.17) is 0 Å². The van der Waals surface area contributed by atoms with Gasteiger partial charge in [0.1, 0.15) is 0 Å². The van der Waals surface area contributed by atoms with Crippen molar-refractivity contribution in [2.45, 2.75) is 65.5 Å². The molecule has 1 atom stereocenters. The molecule has 0 aliphatic carbocycles. The van der Waals surface area contributed by atoms with Crippen molar-refractivity contribution in [3.8, 4) is 0 Å². The Kier molecular flexibility index (Phi) is 8.07. The van der Waals surface area contributed by atoms with Crippen molar-refractivity contribution < 1.29 is 0 Å². The molecule has 2 aliphatic rings. The van der Waals surface area contributed by atoms with Gasteiger partial charge in [-0.1, -0.05) is 40.5 Å². The molecule has 0 bridgehead atoms. The van der Waals surface area contributed by atoms with Gasteiger partial charge in [-0.25, -0.2) is 0 Å². The summed E-state index contributed by atoms with van der Waals surface area (Å²) in [6, 6.07) is 0. The van der Waals surface area contributed by atoms with E-state index in [1.807, 2.05) is 27.7 Å². The van der Waals surface area contributed by atoms with Crippen LogP contribution in [0.25, 0.3) is 0 Å². The van der Waals surface area contributed by atoms with Crippen molar-refractivity contribution in [2.75, 3.05) is 20.1 Å². The summed E-state index contributed by atoms with van der Waals surface area (Å²) >= 11 is 0. The molecule has 1 spiro atoms. The second kappa shape index (κ2) is 8.12. The van der Waals surface area contributed by atoms with Crippen molar-refractivity contribution in [3.63, 3.8) is 0 Å². The SMILES string of the molecule is CC.CC.CN1CCCCCC12CCN2. The molecule has 0 saturated carbocycles. The van der Waals surface area contributed by atoms with E-state index in [9.17, 15) is 0 Å². The highest BCUT2D eigenvalue weighted by Crippen LogP contribution is 2.31. The number of hydrogen-bond acceptors (Lipinski definition) is 2. The second-order valence-electron chi connectivity index (χ2n) is 3.94. The molecule has 1 unspecified atom stereocenters. The maximum Gasteiger partial charge on any atom is 0.0722 e. The summed E-state index contributed by atoms with van der Waals surface area (Å²) in [6.45, 7) is 10.5. The number of likely N-dealkylation sites (tertiary alicyclic amines) is 1. The molecule has 0 aromatic heterocycles. The Balaban J connectivity index is 0.000000442. The van der Waals surface area contributed by atoms with E-state index in [1.54, 1.807) is 0 Å². The molecule has 0 aromatic rings.